The van der Waals surface area contributed by atoms with Crippen molar-refractivity contribution in [3.63, 3.8) is 0 Å². The van der Waals surface area contributed by atoms with E-state index in [1.165, 1.54) is 0 Å². The number of fused-ring (bicyclic) bond motifs is 1. The lowest BCUT2D eigenvalue weighted by Gasteiger charge is -2.21. The van der Waals surface area contributed by atoms with Crippen LogP contribution in [0.2, 0.25) is 0 Å². The average molecular weight is 339 g/mol. The summed E-state index contributed by atoms with van der Waals surface area (Å²) in [5.74, 6) is 0.125. The minimum atomic E-state index is -0.808. The summed E-state index contributed by atoms with van der Waals surface area (Å²) in [4.78, 5) is 26.4. The molecule has 1 heterocycles. The van der Waals surface area contributed by atoms with Gasteiger partial charge in [-0.05, 0) is 42.7 Å². The van der Waals surface area contributed by atoms with Gasteiger partial charge in [0.1, 0.15) is 5.75 Å². The highest BCUT2D eigenvalue weighted by Crippen LogP contribution is 2.28. The molecule has 130 valence electrons. The second kappa shape index (κ2) is 7.38. The number of carbonyl (C=O) groups is 2. The average Bonchev–Trinajstić information content (AvgIpc) is 3.05. The van der Waals surface area contributed by atoms with Crippen molar-refractivity contribution in [1.82, 2.24) is 0 Å². The Kier molecular flexibility index (Phi) is 5.03. The third-order valence-electron chi connectivity index (χ3n) is 4.32. The van der Waals surface area contributed by atoms with Crippen LogP contribution in [0.15, 0.2) is 48.5 Å². The van der Waals surface area contributed by atoms with E-state index in [2.05, 4.69) is 0 Å². The molecule has 0 saturated heterocycles. The van der Waals surface area contributed by atoms with Crippen molar-refractivity contribution >= 4 is 17.6 Å². The first-order chi connectivity index (χ1) is 12.1. The molecule has 0 fully saturated rings. The first-order valence-electron chi connectivity index (χ1n) is 8.30. The summed E-state index contributed by atoms with van der Waals surface area (Å²) in [6, 6.07) is 15.0. The fourth-order valence-electron chi connectivity index (χ4n) is 2.99. The Labute approximate surface area is 147 Å². The molecule has 25 heavy (non-hydrogen) atoms. The highest BCUT2D eigenvalue weighted by atomic mass is 16.5. The third kappa shape index (κ3) is 3.82. The highest BCUT2D eigenvalue weighted by Gasteiger charge is 2.29. The van der Waals surface area contributed by atoms with Gasteiger partial charge < -0.3 is 14.4 Å². The van der Waals surface area contributed by atoms with E-state index in [1.54, 1.807) is 31.1 Å². The molecule has 2 aromatic rings. The van der Waals surface area contributed by atoms with Gasteiger partial charge in [-0.3, -0.25) is 9.59 Å². The fourth-order valence-corrected chi connectivity index (χ4v) is 2.99. The Hall–Kier alpha value is -2.82. The zero-order chi connectivity index (χ0) is 17.8. The second-order valence-electron chi connectivity index (χ2n) is 6.03. The molecule has 0 unspecified atom stereocenters. The summed E-state index contributed by atoms with van der Waals surface area (Å²) in [6.07, 6.45) is 0.143. The zero-order valence-corrected chi connectivity index (χ0v) is 14.4. The van der Waals surface area contributed by atoms with Crippen LogP contribution in [-0.4, -0.2) is 31.6 Å². The summed E-state index contributed by atoms with van der Waals surface area (Å²) < 4.78 is 10.4. The predicted octanol–water partition coefficient (Wildman–Crippen LogP) is 2.76. The topological polar surface area (TPSA) is 55.8 Å². The molecule has 0 N–H and O–H groups in total. The van der Waals surface area contributed by atoms with Gasteiger partial charge in [0.2, 0.25) is 0 Å². The number of methoxy groups -OCH3 is 1. The lowest BCUT2D eigenvalue weighted by molar-refractivity contribution is -0.153. The predicted molar refractivity (Wildman–Crippen MR) is 94.8 cm³/mol. The normalized spacial score (nSPS) is 13.9. The van der Waals surface area contributed by atoms with Crippen LogP contribution in [-0.2, 0) is 27.2 Å². The van der Waals surface area contributed by atoms with Crippen LogP contribution in [0, 0.1) is 0 Å². The maximum Gasteiger partial charge on any atom is 0.311 e. The quantitative estimate of drug-likeness (QED) is 0.786. The molecular formula is C20H21NO4. The van der Waals surface area contributed by atoms with Gasteiger partial charge in [0.15, 0.2) is 6.10 Å². The van der Waals surface area contributed by atoms with Crippen LogP contribution in [0.1, 0.15) is 18.1 Å². The van der Waals surface area contributed by atoms with Gasteiger partial charge in [-0.25, -0.2) is 0 Å². The number of anilines is 1. The SMILES string of the molecule is COc1ccc(CC(=O)O[C@@H](C)C(=O)N2CCc3ccccc32)cc1. The number of para-hydroxylation sites is 1. The largest absolute Gasteiger partial charge is 0.497 e. The van der Waals surface area contributed by atoms with Crippen molar-refractivity contribution in [2.24, 2.45) is 0 Å². The Balaban J connectivity index is 1.58. The zero-order valence-electron chi connectivity index (χ0n) is 14.4. The number of hydrogen-bond donors (Lipinski definition) is 0. The van der Waals surface area contributed by atoms with Gasteiger partial charge in [0.05, 0.1) is 13.5 Å². The summed E-state index contributed by atoms with van der Waals surface area (Å²) in [7, 11) is 1.59. The van der Waals surface area contributed by atoms with E-state index in [9.17, 15) is 9.59 Å². The lowest BCUT2D eigenvalue weighted by atomic mass is 10.1. The molecule has 0 bridgehead atoms. The van der Waals surface area contributed by atoms with Crippen LogP contribution in [0.5, 0.6) is 5.75 Å². The van der Waals surface area contributed by atoms with Crippen molar-refractivity contribution in [3.05, 3.63) is 59.7 Å². The smallest absolute Gasteiger partial charge is 0.311 e. The number of benzene rings is 2. The van der Waals surface area contributed by atoms with Crippen molar-refractivity contribution < 1.29 is 19.1 Å². The van der Waals surface area contributed by atoms with E-state index in [4.69, 9.17) is 9.47 Å². The van der Waals surface area contributed by atoms with Gasteiger partial charge in [-0.1, -0.05) is 30.3 Å². The molecule has 1 amide bonds. The lowest BCUT2D eigenvalue weighted by Crippen LogP contribution is -2.39. The van der Waals surface area contributed by atoms with E-state index >= 15 is 0 Å². The first kappa shape index (κ1) is 17.0. The number of amides is 1. The molecule has 1 aliphatic rings. The van der Waals surface area contributed by atoms with Crippen molar-refractivity contribution in [1.29, 1.82) is 0 Å². The maximum absolute atomic E-state index is 12.6. The summed E-state index contributed by atoms with van der Waals surface area (Å²) in [5.41, 5.74) is 2.87. The molecule has 0 spiro atoms. The molecule has 0 radical (unpaired) electrons. The van der Waals surface area contributed by atoms with Gasteiger partial charge in [0.25, 0.3) is 5.91 Å². The second-order valence-corrected chi connectivity index (χ2v) is 6.03. The molecular weight excluding hydrogens is 318 g/mol. The molecule has 1 aliphatic heterocycles. The van der Waals surface area contributed by atoms with Gasteiger partial charge in [0, 0.05) is 12.2 Å². The molecule has 5 nitrogen and oxygen atoms in total. The Morgan fingerprint density at radius 3 is 2.56 bits per heavy atom. The van der Waals surface area contributed by atoms with Gasteiger partial charge in [-0.15, -0.1) is 0 Å². The number of esters is 1. The van der Waals surface area contributed by atoms with Crippen LogP contribution in [0.4, 0.5) is 5.69 Å². The number of rotatable bonds is 5. The van der Waals surface area contributed by atoms with Crippen molar-refractivity contribution in [2.45, 2.75) is 25.9 Å². The van der Waals surface area contributed by atoms with E-state index in [0.29, 0.717) is 6.54 Å². The molecule has 0 aromatic heterocycles. The van der Waals surface area contributed by atoms with E-state index in [-0.39, 0.29) is 12.3 Å². The van der Waals surface area contributed by atoms with Crippen LogP contribution >= 0.6 is 0 Å². The molecule has 5 heteroatoms. The summed E-state index contributed by atoms with van der Waals surface area (Å²) in [6.45, 7) is 2.24. The van der Waals surface area contributed by atoms with Crippen LogP contribution in [0.25, 0.3) is 0 Å². The molecule has 0 saturated carbocycles. The van der Waals surface area contributed by atoms with Crippen molar-refractivity contribution in [3.8, 4) is 5.75 Å². The number of ether oxygens (including phenoxy) is 2. The minimum absolute atomic E-state index is 0.123. The number of carbonyl (C=O) groups excluding carboxylic acids is 2. The van der Waals surface area contributed by atoms with Gasteiger partial charge >= 0.3 is 5.97 Å². The van der Waals surface area contributed by atoms with E-state index in [1.807, 2.05) is 36.4 Å². The fraction of sp³-hybridized carbons (Fsp3) is 0.300. The van der Waals surface area contributed by atoms with Crippen LogP contribution < -0.4 is 9.64 Å². The highest BCUT2D eigenvalue weighted by molar-refractivity contribution is 5.99. The Morgan fingerprint density at radius 2 is 1.84 bits per heavy atom. The van der Waals surface area contributed by atoms with Crippen molar-refractivity contribution in [2.75, 3.05) is 18.6 Å². The number of nitrogens with zero attached hydrogens (tertiary/aromatic N) is 1. The Bertz CT molecular complexity index is 770. The summed E-state index contributed by atoms with van der Waals surface area (Å²) in [5, 5.41) is 0. The monoisotopic (exact) mass is 339 g/mol. The standard InChI is InChI=1S/C20H21NO4/c1-14(20(23)21-12-11-16-5-3-4-6-18(16)21)25-19(22)13-15-7-9-17(24-2)10-8-15/h3-10,14H,11-13H2,1-2H3/t14-/m0/s1. The van der Waals surface area contributed by atoms with Gasteiger partial charge in [-0.2, -0.15) is 0 Å². The molecule has 0 aliphatic carbocycles. The van der Waals surface area contributed by atoms with E-state index in [0.717, 1.165) is 29.0 Å². The molecule has 1 atom stereocenters. The Morgan fingerprint density at radius 1 is 1.12 bits per heavy atom. The molecule has 2 aromatic carbocycles. The van der Waals surface area contributed by atoms with Crippen LogP contribution in [0.3, 0.4) is 0 Å². The minimum Gasteiger partial charge on any atom is -0.497 e. The maximum atomic E-state index is 12.6. The first-order valence-corrected chi connectivity index (χ1v) is 8.30. The molecule has 3 rings (SSSR count). The third-order valence-corrected chi connectivity index (χ3v) is 4.32. The summed E-state index contributed by atoms with van der Waals surface area (Å²) >= 11 is 0. The number of hydrogen-bond acceptors (Lipinski definition) is 4. The van der Waals surface area contributed by atoms with E-state index < -0.39 is 12.1 Å².